The van der Waals surface area contributed by atoms with E-state index in [0.717, 1.165) is 18.1 Å². The zero-order chi connectivity index (χ0) is 25.5. The van der Waals surface area contributed by atoms with Crippen LogP contribution in [0.2, 0.25) is 0 Å². The van der Waals surface area contributed by atoms with Crippen molar-refractivity contribution in [3.05, 3.63) is 69.6 Å². The van der Waals surface area contributed by atoms with E-state index in [0.29, 0.717) is 5.58 Å². The lowest BCUT2D eigenvalue weighted by atomic mass is 10.1. The lowest BCUT2D eigenvalue weighted by Crippen LogP contribution is -2.24. The van der Waals surface area contributed by atoms with Crippen molar-refractivity contribution >= 4 is 40.5 Å². The molecule has 3 aromatic rings. The molecular formula is C24H21NO10. The number of ether oxygens (including phenoxy) is 4. The number of hydrogen-bond acceptors (Lipinski definition) is 10. The number of anilines is 1. The van der Waals surface area contributed by atoms with Gasteiger partial charge >= 0.3 is 23.5 Å². The fourth-order valence-corrected chi connectivity index (χ4v) is 3.09. The Kier molecular flexibility index (Phi) is 7.82. The SMILES string of the molecule is COC(=O)c1ccc(C(=O)OC)c(NC(=O)COC(=O)COc2ccc3c(C)cc(=O)oc3c2)c1. The minimum atomic E-state index is -0.845. The van der Waals surface area contributed by atoms with Crippen molar-refractivity contribution < 1.29 is 42.5 Å². The Morgan fingerprint density at radius 1 is 0.914 bits per heavy atom. The van der Waals surface area contributed by atoms with Gasteiger partial charge < -0.3 is 28.7 Å². The molecule has 182 valence electrons. The third kappa shape index (κ3) is 6.22. The maximum Gasteiger partial charge on any atom is 0.344 e. The number of fused-ring (bicyclic) bond motifs is 1. The molecule has 1 heterocycles. The first-order chi connectivity index (χ1) is 16.7. The summed E-state index contributed by atoms with van der Waals surface area (Å²) < 4.78 is 24.7. The van der Waals surface area contributed by atoms with Crippen molar-refractivity contribution in [1.82, 2.24) is 0 Å². The molecule has 11 nitrogen and oxygen atoms in total. The fourth-order valence-electron chi connectivity index (χ4n) is 3.09. The molecule has 11 heteroatoms. The molecule has 0 unspecified atom stereocenters. The third-order valence-corrected chi connectivity index (χ3v) is 4.76. The van der Waals surface area contributed by atoms with Crippen LogP contribution in [0, 0.1) is 6.92 Å². The number of esters is 3. The Labute approximate surface area is 198 Å². The van der Waals surface area contributed by atoms with Gasteiger partial charge in [0.05, 0.1) is 31.0 Å². The van der Waals surface area contributed by atoms with E-state index < -0.39 is 42.7 Å². The molecular weight excluding hydrogens is 462 g/mol. The average molecular weight is 483 g/mol. The number of carbonyl (C=O) groups is 4. The minimum Gasteiger partial charge on any atom is -0.482 e. The van der Waals surface area contributed by atoms with Gasteiger partial charge in [-0.05, 0) is 42.8 Å². The topological polar surface area (TPSA) is 147 Å². The predicted molar refractivity (Wildman–Crippen MR) is 121 cm³/mol. The second-order valence-electron chi connectivity index (χ2n) is 7.15. The number of methoxy groups -OCH3 is 2. The molecule has 1 N–H and O–H groups in total. The summed E-state index contributed by atoms with van der Waals surface area (Å²) in [4.78, 5) is 59.5. The molecule has 0 aliphatic rings. The minimum absolute atomic E-state index is 0.0126. The van der Waals surface area contributed by atoms with Gasteiger partial charge in [0.1, 0.15) is 11.3 Å². The largest absolute Gasteiger partial charge is 0.482 e. The van der Waals surface area contributed by atoms with Crippen molar-refractivity contribution in [2.45, 2.75) is 6.92 Å². The van der Waals surface area contributed by atoms with Crippen LogP contribution in [0.3, 0.4) is 0 Å². The Morgan fingerprint density at radius 3 is 2.37 bits per heavy atom. The third-order valence-electron chi connectivity index (χ3n) is 4.76. The Hall–Kier alpha value is -4.67. The van der Waals surface area contributed by atoms with Gasteiger partial charge in [-0.2, -0.15) is 0 Å². The van der Waals surface area contributed by atoms with Gasteiger partial charge in [0.25, 0.3) is 5.91 Å². The van der Waals surface area contributed by atoms with E-state index in [9.17, 15) is 24.0 Å². The number of carbonyl (C=O) groups excluding carboxylic acids is 4. The van der Waals surface area contributed by atoms with Gasteiger partial charge in [0, 0.05) is 17.5 Å². The molecule has 1 aromatic heterocycles. The summed E-state index contributed by atoms with van der Waals surface area (Å²) in [7, 11) is 2.35. The number of benzene rings is 2. The number of aryl methyl sites for hydroxylation is 1. The van der Waals surface area contributed by atoms with Crippen LogP contribution in [0.25, 0.3) is 11.0 Å². The normalized spacial score (nSPS) is 10.4. The molecule has 3 rings (SSSR count). The Balaban J connectivity index is 1.59. The van der Waals surface area contributed by atoms with E-state index in [1.54, 1.807) is 19.1 Å². The molecule has 0 saturated carbocycles. The first kappa shape index (κ1) is 25.0. The van der Waals surface area contributed by atoms with Crippen LogP contribution in [0.5, 0.6) is 5.75 Å². The van der Waals surface area contributed by atoms with E-state index in [2.05, 4.69) is 14.8 Å². The van der Waals surface area contributed by atoms with Crippen LogP contribution in [0.15, 0.2) is 51.7 Å². The predicted octanol–water partition coefficient (Wildman–Crippen LogP) is 2.24. The molecule has 0 saturated heterocycles. The quantitative estimate of drug-likeness (QED) is 0.287. The maximum absolute atomic E-state index is 12.3. The number of hydrogen-bond donors (Lipinski definition) is 1. The zero-order valence-electron chi connectivity index (χ0n) is 19.0. The second kappa shape index (κ2) is 11.0. The van der Waals surface area contributed by atoms with Gasteiger partial charge in [-0.1, -0.05) is 0 Å². The molecule has 0 spiro atoms. The lowest BCUT2D eigenvalue weighted by Gasteiger charge is -2.12. The summed E-state index contributed by atoms with van der Waals surface area (Å²) >= 11 is 0. The van der Waals surface area contributed by atoms with Crippen LogP contribution >= 0.6 is 0 Å². The van der Waals surface area contributed by atoms with Crippen LogP contribution in [0.1, 0.15) is 26.3 Å². The molecule has 1 amide bonds. The first-order valence-electron chi connectivity index (χ1n) is 10.1. The van der Waals surface area contributed by atoms with E-state index in [-0.39, 0.29) is 22.6 Å². The Morgan fingerprint density at radius 2 is 1.66 bits per heavy atom. The molecule has 0 aliphatic carbocycles. The van der Waals surface area contributed by atoms with Crippen molar-refractivity contribution in [1.29, 1.82) is 0 Å². The second-order valence-corrected chi connectivity index (χ2v) is 7.15. The average Bonchev–Trinajstić information content (AvgIpc) is 2.84. The highest BCUT2D eigenvalue weighted by molar-refractivity contribution is 6.04. The molecule has 0 bridgehead atoms. The smallest absolute Gasteiger partial charge is 0.344 e. The van der Waals surface area contributed by atoms with Crippen molar-refractivity contribution in [2.75, 3.05) is 32.8 Å². The number of rotatable bonds is 8. The molecule has 35 heavy (non-hydrogen) atoms. The van der Waals surface area contributed by atoms with Crippen molar-refractivity contribution in [3.8, 4) is 5.75 Å². The highest BCUT2D eigenvalue weighted by atomic mass is 16.6. The van der Waals surface area contributed by atoms with E-state index >= 15 is 0 Å². The summed E-state index contributed by atoms with van der Waals surface area (Å²) in [5.74, 6) is -2.78. The van der Waals surface area contributed by atoms with E-state index in [1.165, 1.54) is 37.4 Å². The number of nitrogens with one attached hydrogen (secondary N) is 1. The van der Waals surface area contributed by atoms with Gasteiger partial charge in [-0.25, -0.2) is 19.2 Å². The standard InChI is InChI=1S/C24H21NO10/c1-13-8-21(27)35-19-10-15(5-7-16(13)19)33-12-22(28)34-11-20(26)25-18-9-14(23(29)31-2)4-6-17(18)24(30)32-3/h4-10H,11-12H2,1-3H3,(H,25,26). The summed E-state index contributed by atoms with van der Waals surface area (Å²) in [6, 6.07) is 9.98. The molecule has 0 radical (unpaired) electrons. The first-order valence-corrected chi connectivity index (χ1v) is 10.1. The zero-order valence-corrected chi connectivity index (χ0v) is 19.0. The summed E-state index contributed by atoms with van der Waals surface area (Å²) in [5.41, 5.74) is 0.579. The maximum atomic E-state index is 12.3. The highest BCUT2D eigenvalue weighted by Crippen LogP contribution is 2.22. The lowest BCUT2D eigenvalue weighted by molar-refractivity contribution is -0.149. The summed E-state index contributed by atoms with van der Waals surface area (Å²) in [6.45, 7) is 0.569. The van der Waals surface area contributed by atoms with Crippen LogP contribution in [-0.2, 0) is 23.8 Å². The summed E-state index contributed by atoms with van der Waals surface area (Å²) in [6.07, 6.45) is 0. The van der Waals surface area contributed by atoms with Gasteiger partial charge in [0.2, 0.25) is 0 Å². The summed E-state index contributed by atoms with van der Waals surface area (Å²) in [5, 5.41) is 3.12. The van der Waals surface area contributed by atoms with Crippen molar-refractivity contribution in [3.63, 3.8) is 0 Å². The molecule has 0 aliphatic heterocycles. The van der Waals surface area contributed by atoms with E-state index in [4.69, 9.17) is 13.9 Å². The van der Waals surface area contributed by atoms with Crippen LogP contribution in [-0.4, -0.2) is 51.2 Å². The molecule has 0 fully saturated rings. The highest BCUT2D eigenvalue weighted by Gasteiger charge is 2.18. The monoisotopic (exact) mass is 483 g/mol. The van der Waals surface area contributed by atoms with Gasteiger partial charge in [-0.15, -0.1) is 0 Å². The van der Waals surface area contributed by atoms with Crippen LogP contribution < -0.4 is 15.7 Å². The molecule has 0 atom stereocenters. The van der Waals surface area contributed by atoms with E-state index in [1.807, 2.05) is 0 Å². The molecule has 2 aromatic carbocycles. The number of amides is 1. The Bertz CT molecular complexity index is 1360. The van der Waals surface area contributed by atoms with Gasteiger partial charge in [0.15, 0.2) is 13.2 Å². The van der Waals surface area contributed by atoms with Crippen molar-refractivity contribution in [2.24, 2.45) is 0 Å². The fraction of sp³-hybridized carbons (Fsp3) is 0.208. The van der Waals surface area contributed by atoms with Crippen LogP contribution in [0.4, 0.5) is 5.69 Å². The van der Waals surface area contributed by atoms with Gasteiger partial charge in [-0.3, -0.25) is 4.79 Å².